The molecule has 1 saturated heterocycles. The normalized spacial score (nSPS) is 18.0. The van der Waals surface area contributed by atoms with Crippen LogP contribution >= 0.6 is 11.3 Å². The monoisotopic (exact) mass is 342 g/mol. The van der Waals surface area contributed by atoms with Gasteiger partial charge in [-0.2, -0.15) is 21.4 Å². The van der Waals surface area contributed by atoms with Crippen LogP contribution in [0.1, 0.15) is 18.7 Å². The molecule has 8 heteroatoms. The summed E-state index contributed by atoms with van der Waals surface area (Å²) < 4.78 is 5.34. The molecule has 0 spiro atoms. The molecule has 3 aromatic rings. The van der Waals surface area contributed by atoms with E-state index in [1.165, 1.54) is 0 Å². The van der Waals surface area contributed by atoms with Crippen molar-refractivity contribution in [2.45, 2.75) is 25.4 Å². The summed E-state index contributed by atoms with van der Waals surface area (Å²) in [5.41, 5.74) is 1.00. The van der Waals surface area contributed by atoms with Crippen LogP contribution in [0.15, 0.2) is 39.7 Å². The Bertz CT molecular complexity index is 760. The van der Waals surface area contributed by atoms with Crippen molar-refractivity contribution in [2.75, 3.05) is 18.0 Å². The Hall–Kier alpha value is -2.32. The van der Waals surface area contributed by atoms with Crippen LogP contribution in [0.25, 0.3) is 11.4 Å². The van der Waals surface area contributed by atoms with Gasteiger partial charge in [0, 0.05) is 36.3 Å². The maximum Gasteiger partial charge on any atom is 0.240 e. The van der Waals surface area contributed by atoms with Crippen LogP contribution in [0.2, 0.25) is 0 Å². The zero-order valence-electron chi connectivity index (χ0n) is 13.1. The van der Waals surface area contributed by atoms with Gasteiger partial charge in [-0.25, -0.2) is 0 Å². The van der Waals surface area contributed by atoms with Crippen molar-refractivity contribution in [1.29, 1.82) is 0 Å². The zero-order chi connectivity index (χ0) is 16.2. The fraction of sp³-hybridized carbons (Fsp3) is 0.375. The molecule has 1 fully saturated rings. The second-order valence-corrected chi connectivity index (χ2v) is 6.55. The lowest BCUT2D eigenvalue weighted by atomic mass is 10.1. The molecule has 3 aromatic heterocycles. The minimum atomic E-state index is 0.372. The van der Waals surface area contributed by atoms with Gasteiger partial charge >= 0.3 is 0 Å². The molecule has 4 heterocycles. The standard InChI is InChI=1S/C16H18N6OS/c1-4-14(20-18-6-1)22-7-2-3-13(10-22)17-9-15-19-16(21-23-15)12-5-8-24-11-12/h1,4-6,8,11,13,17H,2-3,7,9-10H2/t13-/m1/s1. The Balaban J connectivity index is 1.34. The van der Waals surface area contributed by atoms with Gasteiger partial charge < -0.3 is 14.7 Å². The van der Waals surface area contributed by atoms with Crippen molar-refractivity contribution in [3.8, 4) is 11.4 Å². The second-order valence-electron chi connectivity index (χ2n) is 5.77. The van der Waals surface area contributed by atoms with Crippen LogP contribution in [0.3, 0.4) is 0 Å². The number of rotatable bonds is 5. The summed E-state index contributed by atoms with van der Waals surface area (Å²) in [5.74, 6) is 2.20. The van der Waals surface area contributed by atoms with E-state index in [1.54, 1.807) is 17.5 Å². The van der Waals surface area contributed by atoms with Crippen LogP contribution < -0.4 is 10.2 Å². The Morgan fingerprint density at radius 3 is 3.21 bits per heavy atom. The number of aromatic nitrogens is 4. The SMILES string of the molecule is c1cnnc(N2CCC[C@@H](NCc3nc(-c4ccsc4)no3)C2)c1. The number of thiophene rings is 1. The van der Waals surface area contributed by atoms with Gasteiger partial charge in [0.1, 0.15) is 0 Å². The van der Waals surface area contributed by atoms with Crippen molar-refractivity contribution in [1.82, 2.24) is 25.7 Å². The van der Waals surface area contributed by atoms with Gasteiger partial charge in [-0.05, 0) is 36.4 Å². The maximum atomic E-state index is 5.34. The minimum Gasteiger partial charge on any atom is -0.354 e. The highest BCUT2D eigenvalue weighted by atomic mass is 32.1. The maximum absolute atomic E-state index is 5.34. The molecule has 0 unspecified atom stereocenters. The molecule has 0 radical (unpaired) electrons. The second kappa shape index (κ2) is 7.06. The molecule has 0 saturated carbocycles. The van der Waals surface area contributed by atoms with Crippen molar-refractivity contribution in [3.63, 3.8) is 0 Å². The lowest BCUT2D eigenvalue weighted by Crippen LogP contribution is -2.45. The Labute approximate surface area is 143 Å². The smallest absolute Gasteiger partial charge is 0.240 e. The Morgan fingerprint density at radius 2 is 2.38 bits per heavy atom. The summed E-state index contributed by atoms with van der Waals surface area (Å²) in [5, 5.41) is 19.7. The Morgan fingerprint density at radius 1 is 1.38 bits per heavy atom. The number of hydrogen-bond donors (Lipinski definition) is 1. The highest BCUT2D eigenvalue weighted by molar-refractivity contribution is 7.08. The summed E-state index contributed by atoms with van der Waals surface area (Å²) in [6.07, 6.45) is 3.95. The number of nitrogens with one attached hydrogen (secondary N) is 1. The van der Waals surface area contributed by atoms with Gasteiger partial charge in [0.2, 0.25) is 11.7 Å². The topological polar surface area (TPSA) is 80.0 Å². The van der Waals surface area contributed by atoms with E-state index in [9.17, 15) is 0 Å². The largest absolute Gasteiger partial charge is 0.354 e. The summed E-state index contributed by atoms with van der Waals surface area (Å²) >= 11 is 1.62. The predicted molar refractivity (Wildman–Crippen MR) is 91.7 cm³/mol. The van der Waals surface area contributed by atoms with Crippen LogP contribution in [0, 0.1) is 0 Å². The number of piperidine rings is 1. The first-order valence-corrected chi connectivity index (χ1v) is 8.94. The van der Waals surface area contributed by atoms with E-state index in [0.29, 0.717) is 24.3 Å². The highest BCUT2D eigenvalue weighted by Gasteiger charge is 2.21. The lowest BCUT2D eigenvalue weighted by Gasteiger charge is -2.33. The van der Waals surface area contributed by atoms with Crippen LogP contribution in [0.5, 0.6) is 0 Å². The molecule has 0 bridgehead atoms. The molecule has 0 amide bonds. The summed E-state index contributed by atoms with van der Waals surface area (Å²) in [7, 11) is 0. The van der Waals surface area contributed by atoms with E-state index in [0.717, 1.165) is 37.3 Å². The van der Waals surface area contributed by atoms with Crippen molar-refractivity contribution in [2.24, 2.45) is 0 Å². The van der Waals surface area contributed by atoms with Gasteiger partial charge in [0.15, 0.2) is 5.82 Å². The molecule has 1 N–H and O–H groups in total. The fourth-order valence-corrected chi connectivity index (χ4v) is 3.52. The van der Waals surface area contributed by atoms with Gasteiger partial charge in [-0.1, -0.05) is 5.16 Å². The van der Waals surface area contributed by atoms with Gasteiger partial charge in [-0.15, -0.1) is 5.10 Å². The molecule has 0 aromatic carbocycles. The molecular weight excluding hydrogens is 324 g/mol. The predicted octanol–water partition coefficient (Wildman–Crippen LogP) is 2.35. The molecule has 7 nitrogen and oxygen atoms in total. The molecule has 124 valence electrons. The highest BCUT2D eigenvalue weighted by Crippen LogP contribution is 2.19. The van der Waals surface area contributed by atoms with Gasteiger partial charge in [-0.3, -0.25) is 0 Å². The molecule has 0 aliphatic carbocycles. The van der Waals surface area contributed by atoms with Crippen LogP contribution in [0.4, 0.5) is 5.82 Å². The first kappa shape index (κ1) is 15.2. The average Bonchev–Trinajstić information content (AvgIpc) is 3.32. The van der Waals surface area contributed by atoms with Crippen molar-refractivity contribution in [3.05, 3.63) is 41.0 Å². The van der Waals surface area contributed by atoms with E-state index in [1.807, 2.05) is 29.0 Å². The molecule has 1 atom stereocenters. The third-order valence-corrected chi connectivity index (χ3v) is 4.78. The van der Waals surface area contributed by atoms with Crippen LogP contribution in [-0.2, 0) is 6.54 Å². The molecular formula is C16H18N6OS. The van der Waals surface area contributed by atoms with Crippen LogP contribution in [-0.4, -0.2) is 39.5 Å². The van der Waals surface area contributed by atoms with E-state index in [-0.39, 0.29) is 0 Å². The van der Waals surface area contributed by atoms with Crippen molar-refractivity contribution >= 4 is 17.2 Å². The summed E-state index contributed by atoms with van der Waals surface area (Å²) in [4.78, 5) is 6.71. The molecule has 1 aliphatic heterocycles. The summed E-state index contributed by atoms with van der Waals surface area (Å²) in [6, 6.07) is 6.29. The number of anilines is 1. The Kier molecular flexibility index (Phi) is 4.48. The number of hydrogen-bond acceptors (Lipinski definition) is 8. The third kappa shape index (κ3) is 3.44. The zero-order valence-corrected chi connectivity index (χ0v) is 13.9. The molecule has 1 aliphatic rings. The molecule has 24 heavy (non-hydrogen) atoms. The fourth-order valence-electron chi connectivity index (χ4n) is 2.88. The van der Waals surface area contributed by atoms with Crippen molar-refractivity contribution < 1.29 is 4.52 Å². The van der Waals surface area contributed by atoms with Gasteiger partial charge in [0.25, 0.3) is 0 Å². The average molecular weight is 342 g/mol. The minimum absolute atomic E-state index is 0.372. The van der Waals surface area contributed by atoms with Gasteiger partial charge in [0.05, 0.1) is 6.54 Å². The van der Waals surface area contributed by atoms with E-state index in [2.05, 4.69) is 30.6 Å². The quantitative estimate of drug-likeness (QED) is 0.762. The van der Waals surface area contributed by atoms with E-state index in [4.69, 9.17) is 4.52 Å². The number of nitrogens with zero attached hydrogens (tertiary/aromatic N) is 5. The van der Waals surface area contributed by atoms with E-state index >= 15 is 0 Å². The summed E-state index contributed by atoms with van der Waals surface area (Å²) in [6.45, 7) is 2.50. The van der Waals surface area contributed by atoms with E-state index < -0.39 is 0 Å². The first-order valence-electron chi connectivity index (χ1n) is 8.00. The third-order valence-electron chi connectivity index (χ3n) is 4.09. The molecule has 4 rings (SSSR count). The lowest BCUT2D eigenvalue weighted by molar-refractivity contribution is 0.344. The first-order chi connectivity index (χ1) is 11.9.